The van der Waals surface area contributed by atoms with E-state index < -0.39 is 8.56 Å². The van der Waals surface area contributed by atoms with E-state index in [0.717, 1.165) is 0 Å². The van der Waals surface area contributed by atoms with Crippen LogP contribution in [0, 0.1) is 11.0 Å². The van der Waals surface area contributed by atoms with Gasteiger partial charge < -0.3 is 4.80 Å². The van der Waals surface area contributed by atoms with Gasteiger partial charge in [-0.25, -0.2) is 5.26 Å². The molecule has 1 N–H and O–H groups in total. The first kappa shape index (κ1) is 6.10. The molecule has 0 spiro atoms. The van der Waals surface area contributed by atoms with Gasteiger partial charge in [-0.3, -0.25) is 0 Å². The maximum absolute atomic E-state index is 8.37. The van der Waals surface area contributed by atoms with Gasteiger partial charge in [0.15, 0.2) is 0 Å². The van der Waals surface area contributed by atoms with Gasteiger partial charge in [0.2, 0.25) is 0 Å². The fourth-order valence-corrected chi connectivity index (χ4v) is 0.755. The van der Waals surface area contributed by atoms with Gasteiger partial charge in [-0.05, 0) is 0 Å². The molecule has 0 saturated heterocycles. The zero-order valence-electron chi connectivity index (χ0n) is 2.89. The van der Waals surface area contributed by atoms with Gasteiger partial charge in [-0.2, -0.15) is 0 Å². The number of hydrogen-bond acceptors (Lipinski definition) is 2. The van der Waals surface area contributed by atoms with Gasteiger partial charge in [0, 0.05) is 9.76 Å². The average molecular weight is 127 g/mol. The molecular weight excluding hydrogens is 126 g/mol. The number of hydrogen-bond donors (Lipinski definition) is 1. The summed E-state index contributed by atoms with van der Waals surface area (Å²) in [6.45, 7) is 0. The molecule has 0 fully saturated rings. The summed E-state index contributed by atoms with van der Waals surface area (Å²) in [5.41, 5.74) is 1.74. The molecule has 0 bridgehead atoms. The molecule has 0 aliphatic rings. The van der Waals surface area contributed by atoms with Crippen molar-refractivity contribution < 1.29 is 4.80 Å². The Morgan fingerprint density at radius 3 is 2.50 bits per heavy atom. The Morgan fingerprint density at radius 2 is 2.50 bits per heavy atom. The van der Waals surface area contributed by atoms with E-state index in [0.29, 0.717) is 0 Å². The molecule has 0 aromatic heterocycles. The molecule has 0 aromatic carbocycles. The smallest absolute Gasteiger partial charge is 0.306 e. The lowest BCUT2D eigenvalue weighted by Gasteiger charge is -1.80. The van der Waals surface area contributed by atoms with E-state index in [9.17, 15) is 0 Å². The topological polar surface area (TPSA) is 44.0 Å². The summed E-state index contributed by atoms with van der Waals surface area (Å²) in [5.74, 6) is 0. The third-order valence-electron chi connectivity index (χ3n) is 0.224. The van der Waals surface area contributed by atoms with Crippen LogP contribution in [-0.2, 0) is 0 Å². The molecule has 6 radical (unpaired) electrons. The fourth-order valence-electron chi connectivity index (χ4n) is 0.0280. The Hall–Kier alpha value is 0.101. The van der Waals surface area contributed by atoms with Crippen LogP contribution in [-0.4, -0.2) is 31.7 Å². The lowest BCUT2D eigenvalue weighted by atomic mass is 11.8. The van der Waals surface area contributed by atoms with Crippen molar-refractivity contribution >= 4 is 26.9 Å². The van der Waals surface area contributed by atoms with Crippen LogP contribution < -0.4 is 0 Å². The van der Waals surface area contributed by atoms with Crippen LogP contribution in [0.25, 0.3) is 0 Å². The molecule has 0 saturated carbocycles. The largest absolute Gasteiger partial charge is 0.423 e. The quantitative estimate of drug-likeness (QED) is 0.428. The van der Waals surface area contributed by atoms with E-state index in [4.69, 9.17) is 10.1 Å². The van der Waals surface area contributed by atoms with Crippen molar-refractivity contribution in [2.45, 2.75) is 0 Å². The van der Waals surface area contributed by atoms with Crippen molar-refractivity contribution in [3.63, 3.8) is 0 Å². The Bertz CT molecular complexity index is 67.7. The van der Waals surface area contributed by atoms with E-state index in [1.807, 2.05) is 0 Å². The van der Waals surface area contributed by atoms with Crippen LogP contribution in [0.15, 0.2) is 0 Å². The van der Waals surface area contributed by atoms with E-state index >= 15 is 0 Å². The molecule has 0 heterocycles. The third-order valence-corrected chi connectivity index (χ3v) is 3.85. The second kappa shape index (κ2) is 3.30. The highest BCUT2D eigenvalue weighted by atomic mass is 29.5. The van der Waals surface area contributed by atoms with Crippen LogP contribution in [0.4, 0.5) is 0 Å². The zero-order valence-corrected chi connectivity index (χ0v) is 5.89. The monoisotopic (exact) mass is 127 g/mol. The standard InChI is InChI=1S/CHNOSi3/c2-1-6(3)5-4/h3H. The van der Waals surface area contributed by atoms with E-state index in [2.05, 4.69) is 9.76 Å². The molecule has 2 nitrogen and oxygen atoms in total. The van der Waals surface area contributed by atoms with Crippen LogP contribution in [0.2, 0.25) is 0 Å². The highest BCUT2D eigenvalue weighted by Crippen LogP contribution is 1.58. The van der Waals surface area contributed by atoms with Crippen LogP contribution in [0.3, 0.4) is 0 Å². The lowest BCUT2D eigenvalue weighted by Crippen LogP contribution is -2.19. The number of rotatable bonds is 1. The summed E-state index contributed by atoms with van der Waals surface area (Å²) >= 11 is 0. The maximum atomic E-state index is 8.37. The summed E-state index contributed by atoms with van der Waals surface area (Å²) < 4.78 is 0. The van der Waals surface area contributed by atoms with E-state index in [1.54, 1.807) is 5.69 Å². The van der Waals surface area contributed by atoms with Crippen molar-refractivity contribution in [2.75, 3.05) is 0 Å². The Balaban J connectivity index is 3.04. The van der Waals surface area contributed by atoms with Crippen molar-refractivity contribution in [2.24, 2.45) is 0 Å². The molecule has 0 rings (SSSR count). The molecule has 0 amide bonds. The number of nitrogens with zero attached hydrogens (tertiary/aromatic N) is 1. The van der Waals surface area contributed by atoms with Gasteiger partial charge in [0.05, 0.1) is 14.2 Å². The molecule has 0 aromatic rings. The first-order valence-corrected chi connectivity index (χ1v) is 6.14. The maximum Gasteiger partial charge on any atom is 0.306 e. The molecule has 28 valence electrons. The summed E-state index contributed by atoms with van der Waals surface area (Å²) in [4.78, 5) is 8.37. The molecule has 0 aliphatic heterocycles. The zero-order chi connectivity index (χ0) is 4.99. The highest BCUT2D eigenvalue weighted by Gasteiger charge is 1.99. The minimum Gasteiger partial charge on any atom is -0.423 e. The van der Waals surface area contributed by atoms with Crippen molar-refractivity contribution in [1.29, 1.82) is 5.26 Å². The Labute approximate surface area is 43.3 Å². The van der Waals surface area contributed by atoms with Gasteiger partial charge >= 0.3 is 8.56 Å². The number of nitriles is 1. The first-order chi connectivity index (χ1) is 2.81. The Kier molecular flexibility index (Phi) is 3.35. The average Bonchev–Trinajstić information content (AvgIpc) is 1.65. The molecule has 0 atom stereocenters. The highest BCUT2D eigenvalue weighted by molar-refractivity contribution is 7.31. The first-order valence-electron chi connectivity index (χ1n) is 1.20. The molecule has 6 heavy (non-hydrogen) atoms. The van der Waals surface area contributed by atoms with Crippen molar-refractivity contribution in [3.05, 3.63) is 0 Å². The van der Waals surface area contributed by atoms with Gasteiger partial charge in [-0.15, -0.1) is 0 Å². The SMILES string of the molecule is N#C[Si](O)[Si][Si]. The predicted molar refractivity (Wildman–Crippen MR) is 25.1 cm³/mol. The molecule has 0 aliphatic carbocycles. The fraction of sp³-hybridized carbons (Fsp3) is 0. The van der Waals surface area contributed by atoms with Gasteiger partial charge in [-0.1, -0.05) is 0 Å². The summed E-state index contributed by atoms with van der Waals surface area (Å²) in [5, 5.41) is 7.86. The predicted octanol–water partition coefficient (Wildman–Crippen LogP) is -1.68. The Morgan fingerprint density at radius 1 is 2.00 bits per heavy atom. The second-order valence-corrected chi connectivity index (χ2v) is 6.18. The third kappa shape index (κ3) is 2.34. The molecular formula is CHNOSi3. The summed E-state index contributed by atoms with van der Waals surface area (Å²) in [6, 6.07) is 0. The molecule has 5 heteroatoms. The summed E-state index contributed by atoms with van der Waals surface area (Å²) in [6.07, 6.45) is 0. The van der Waals surface area contributed by atoms with Crippen LogP contribution in [0.1, 0.15) is 0 Å². The molecule has 0 unspecified atom stereocenters. The van der Waals surface area contributed by atoms with Crippen LogP contribution in [0.5, 0.6) is 0 Å². The lowest BCUT2D eigenvalue weighted by molar-refractivity contribution is 0.607. The van der Waals surface area contributed by atoms with Crippen molar-refractivity contribution in [1.82, 2.24) is 0 Å². The van der Waals surface area contributed by atoms with Crippen molar-refractivity contribution in [3.8, 4) is 5.69 Å². The minimum atomic E-state index is -1.62. The minimum absolute atomic E-state index is 0.233. The van der Waals surface area contributed by atoms with Gasteiger partial charge in [0.1, 0.15) is 0 Å². The normalized spacial score (nSPS) is 8.33. The van der Waals surface area contributed by atoms with Gasteiger partial charge in [0.25, 0.3) is 0 Å². The van der Waals surface area contributed by atoms with Crippen LogP contribution >= 0.6 is 0 Å². The summed E-state index contributed by atoms with van der Waals surface area (Å²) in [7, 11) is 1.63. The second-order valence-electron chi connectivity index (χ2n) is 0.585. The van der Waals surface area contributed by atoms with E-state index in [-0.39, 0.29) is 8.55 Å². The van der Waals surface area contributed by atoms with E-state index in [1.165, 1.54) is 0 Å².